The zero-order chi connectivity index (χ0) is 17.3. The van der Waals surface area contributed by atoms with E-state index in [4.69, 9.17) is 9.47 Å². The number of likely N-dealkylation sites (tertiary alicyclic amines) is 1. The largest absolute Gasteiger partial charge is 0.444 e. The summed E-state index contributed by atoms with van der Waals surface area (Å²) in [5.41, 5.74) is -0.473. The van der Waals surface area contributed by atoms with Crippen molar-refractivity contribution in [3.63, 3.8) is 0 Å². The molecule has 3 saturated heterocycles. The van der Waals surface area contributed by atoms with Crippen LogP contribution in [0.2, 0.25) is 0 Å². The third kappa shape index (κ3) is 4.21. The van der Waals surface area contributed by atoms with E-state index in [2.05, 4.69) is 5.32 Å². The van der Waals surface area contributed by atoms with Crippen LogP contribution in [-0.2, 0) is 14.3 Å². The quantitative estimate of drug-likeness (QED) is 0.840. The summed E-state index contributed by atoms with van der Waals surface area (Å²) in [7, 11) is 0. The van der Waals surface area contributed by atoms with Gasteiger partial charge in [0.1, 0.15) is 5.60 Å². The Bertz CT molecular complexity index is 488. The van der Waals surface area contributed by atoms with Crippen LogP contribution >= 0.6 is 0 Å². The van der Waals surface area contributed by atoms with E-state index in [9.17, 15) is 9.59 Å². The number of nitrogens with zero attached hydrogens (tertiary/aromatic N) is 1. The average Bonchev–Trinajstić information content (AvgIpc) is 3.04. The molecule has 0 radical (unpaired) electrons. The first-order valence-corrected chi connectivity index (χ1v) is 9.25. The SMILES string of the molecule is CC(C)(C)OC(=O)N1CCC[C@@H](NC(=O)[C@@H]2C[C@H]3CC[C@H]2O3)CC1. The molecule has 1 N–H and O–H groups in total. The van der Waals surface area contributed by atoms with Crippen molar-refractivity contribution in [1.82, 2.24) is 10.2 Å². The lowest BCUT2D eigenvalue weighted by Crippen LogP contribution is -2.42. The minimum Gasteiger partial charge on any atom is -0.444 e. The van der Waals surface area contributed by atoms with Gasteiger partial charge in [-0.05, 0) is 59.3 Å². The van der Waals surface area contributed by atoms with Gasteiger partial charge in [-0.3, -0.25) is 4.79 Å². The predicted molar refractivity (Wildman–Crippen MR) is 89.6 cm³/mol. The molecule has 3 heterocycles. The average molecular weight is 338 g/mol. The van der Waals surface area contributed by atoms with Crippen LogP contribution in [0.1, 0.15) is 59.3 Å². The van der Waals surface area contributed by atoms with Crippen molar-refractivity contribution in [3.8, 4) is 0 Å². The van der Waals surface area contributed by atoms with E-state index in [1.807, 2.05) is 20.8 Å². The molecule has 0 aromatic heterocycles. The summed E-state index contributed by atoms with van der Waals surface area (Å²) in [6, 6.07) is 0.143. The molecule has 0 aromatic rings. The van der Waals surface area contributed by atoms with Crippen molar-refractivity contribution in [2.75, 3.05) is 13.1 Å². The molecular formula is C18H30N2O4. The zero-order valence-electron chi connectivity index (χ0n) is 15.0. The van der Waals surface area contributed by atoms with Gasteiger partial charge in [0, 0.05) is 19.1 Å². The summed E-state index contributed by atoms with van der Waals surface area (Å²) >= 11 is 0. The first kappa shape index (κ1) is 17.5. The standard InChI is InChI=1S/C18H30N2O4/c1-18(2,3)24-17(22)20-9-4-5-12(8-10-20)19-16(21)14-11-13-6-7-15(14)23-13/h12-15H,4-11H2,1-3H3,(H,19,21)/t12-,13-,14-,15-/m1/s1. The molecule has 2 bridgehead atoms. The minimum absolute atomic E-state index is 0.0222. The first-order chi connectivity index (χ1) is 11.3. The number of hydrogen-bond donors (Lipinski definition) is 1. The smallest absolute Gasteiger partial charge is 0.410 e. The van der Waals surface area contributed by atoms with Gasteiger partial charge in [0.2, 0.25) is 5.91 Å². The number of rotatable bonds is 2. The van der Waals surface area contributed by atoms with Crippen molar-refractivity contribution >= 4 is 12.0 Å². The van der Waals surface area contributed by atoms with Crippen molar-refractivity contribution < 1.29 is 19.1 Å². The molecule has 4 atom stereocenters. The van der Waals surface area contributed by atoms with Gasteiger partial charge in [-0.15, -0.1) is 0 Å². The van der Waals surface area contributed by atoms with Crippen LogP contribution < -0.4 is 5.32 Å². The summed E-state index contributed by atoms with van der Waals surface area (Å²) in [6.45, 7) is 6.96. The molecule has 6 nitrogen and oxygen atoms in total. The molecule has 3 aliphatic heterocycles. The molecule has 0 spiro atoms. The molecule has 0 aromatic carbocycles. The van der Waals surface area contributed by atoms with Gasteiger partial charge in [0.15, 0.2) is 0 Å². The van der Waals surface area contributed by atoms with Crippen LogP contribution in [0.25, 0.3) is 0 Å². The third-order valence-electron chi connectivity index (χ3n) is 5.17. The fraction of sp³-hybridized carbons (Fsp3) is 0.889. The monoisotopic (exact) mass is 338 g/mol. The van der Waals surface area contributed by atoms with Crippen molar-refractivity contribution in [3.05, 3.63) is 0 Å². The fourth-order valence-electron chi connectivity index (χ4n) is 3.97. The van der Waals surface area contributed by atoms with Crippen LogP contribution in [0, 0.1) is 5.92 Å². The van der Waals surface area contributed by atoms with Gasteiger partial charge in [-0.25, -0.2) is 4.79 Å². The summed E-state index contributed by atoms with van der Waals surface area (Å²) in [4.78, 5) is 26.5. The molecular weight excluding hydrogens is 308 g/mol. The number of nitrogens with one attached hydrogen (secondary N) is 1. The second-order valence-electron chi connectivity index (χ2n) is 8.32. The van der Waals surface area contributed by atoms with Crippen LogP contribution in [0.15, 0.2) is 0 Å². The lowest BCUT2D eigenvalue weighted by molar-refractivity contribution is -0.127. The van der Waals surface area contributed by atoms with Gasteiger partial charge < -0.3 is 19.7 Å². The van der Waals surface area contributed by atoms with E-state index < -0.39 is 5.60 Å². The molecule has 3 rings (SSSR count). The van der Waals surface area contributed by atoms with Crippen LogP contribution in [0.3, 0.4) is 0 Å². The highest BCUT2D eigenvalue weighted by molar-refractivity contribution is 5.80. The van der Waals surface area contributed by atoms with Gasteiger partial charge in [-0.1, -0.05) is 0 Å². The molecule has 6 heteroatoms. The maximum Gasteiger partial charge on any atom is 0.410 e. The Morgan fingerprint density at radius 3 is 2.54 bits per heavy atom. The Hall–Kier alpha value is -1.30. The summed E-state index contributed by atoms with van der Waals surface area (Å²) in [5, 5.41) is 3.20. The number of amides is 2. The minimum atomic E-state index is -0.473. The Balaban J connectivity index is 1.47. The van der Waals surface area contributed by atoms with Crippen LogP contribution in [0.5, 0.6) is 0 Å². The van der Waals surface area contributed by atoms with E-state index in [1.165, 1.54) is 0 Å². The van der Waals surface area contributed by atoms with E-state index in [1.54, 1.807) is 4.90 Å². The van der Waals surface area contributed by atoms with Crippen LogP contribution in [-0.4, -0.2) is 53.8 Å². The molecule has 3 fully saturated rings. The molecule has 0 saturated carbocycles. The van der Waals surface area contributed by atoms with Crippen molar-refractivity contribution in [2.45, 2.75) is 83.1 Å². The van der Waals surface area contributed by atoms with Gasteiger partial charge in [0.25, 0.3) is 0 Å². The van der Waals surface area contributed by atoms with Gasteiger partial charge >= 0.3 is 6.09 Å². The van der Waals surface area contributed by atoms with Gasteiger partial charge in [-0.2, -0.15) is 0 Å². The second-order valence-corrected chi connectivity index (χ2v) is 8.32. The Kier molecular flexibility index (Phi) is 5.04. The summed E-state index contributed by atoms with van der Waals surface area (Å²) in [5.74, 6) is 0.159. The third-order valence-corrected chi connectivity index (χ3v) is 5.17. The van der Waals surface area contributed by atoms with Crippen molar-refractivity contribution in [2.24, 2.45) is 5.92 Å². The lowest BCUT2D eigenvalue weighted by Gasteiger charge is -2.26. The number of fused-ring (bicyclic) bond motifs is 2. The van der Waals surface area contributed by atoms with E-state index >= 15 is 0 Å². The van der Waals surface area contributed by atoms with Crippen LogP contribution in [0.4, 0.5) is 4.79 Å². The Morgan fingerprint density at radius 2 is 1.92 bits per heavy atom. The van der Waals surface area contributed by atoms with Gasteiger partial charge in [0.05, 0.1) is 18.1 Å². The molecule has 2 amide bonds. The highest BCUT2D eigenvalue weighted by atomic mass is 16.6. The molecule has 24 heavy (non-hydrogen) atoms. The molecule has 0 unspecified atom stereocenters. The first-order valence-electron chi connectivity index (χ1n) is 9.25. The molecule has 136 valence electrons. The Morgan fingerprint density at radius 1 is 1.12 bits per heavy atom. The number of carbonyl (C=O) groups excluding carboxylic acids is 2. The zero-order valence-corrected chi connectivity index (χ0v) is 15.0. The van der Waals surface area contributed by atoms with E-state index in [0.717, 1.165) is 38.5 Å². The lowest BCUT2D eigenvalue weighted by atomic mass is 9.88. The second kappa shape index (κ2) is 6.90. The topological polar surface area (TPSA) is 67.9 Å². The normalized spacial score (nSPS) is 33.2. The number of carbonyl (C=O) groups is 2. The van der Waals surface area contributed by atoms with Crippen molar-refractivity contribution in [1.29, 1.82) is 0 Å². The highest BCUT2D eigenvalue weighted by Gasteiger charge is 2.44. The predicted octanol–water partition coefficient (Wildman–Crippen LogP) is 2.46. The molecule has 0 aliphatic carbocycles. The fourth-order valence-corrected chi connectivity index (χ4v) is 3.97. The highest BCUT2D eigenvalue weighted by Crippen LogP contribution is 2.38. The summed E-state index contributed by atoms with van der Waals surface area (Å²) in [6.07, 6.45) is 5.73. The maximum absolute atomic E-state index is 12.5. The maximum atomic E-state index is 12.5. The van der Waals surface area contributed by atoms with E-state index in [0.29, 0.717) is 19.2 Å². The summed E-state index contributed by atoms with van der Waals surface area (Å²) < 4.78 is 11.2. The number of hydrogen-bond acceptors (Lipinski definition) is 4. The number of ether oxygens (including phenoxy) is 2. The molecule has 3 aliphatic rings. The Labute approximate surface area is 144 Å². The van der Waals surface area contributed by atoms with E-state index in [-0.39, 0.29) is 30.1 Å².